The van der Waals surface area contributed by atoms with E-state index in [2.05, 4.69) is 5.32 Å². The van der Waals surface area contributed by atoms with Gasteiger partial charge in [0.1, 0.15) is 12.4 Å². The van der Waals surface area contributed by atoms with E-state index >= 15 is 0 Å². The maximum atomic E-state index is 13.1. The predicted molar refractivity (Wildman–Crippen MR) is 73.7 cm³/mol. The molecule has 0 atom stereocenters. The van der Waals surface area contributed by atoms with Crippen LogP contribution in [0.5, 0.6) is 0 Å². The number of piperazine rings is 1. The van der Waals surface area contributed by atoms with E-state index in [1.807, 2.05) is 0 Å². The summed E-state index contributed by atoms with van der Waals surface area (Å²) in [6.07, 6.45) is 0. The third kappa shape index (κ3) is 3.28. The molecule has 0 bridgehead atoms. The molecule has 1 aromatic rings. The van der Waals surface area contributed by atoms with Crippen molar-refractivity contribution in [2.45, 2.75) is 0 Å². The van der Waals surface area contributed by atoms with Gasteiger partial charge in [-0.05, 0) is 18.2 Å². The highest BCUT2D eigenvalue weighted by Crippen LogP contribution is 2.19. The number of likely N-dealkylation sites (N-methyl/N-ethyl adjacent to an activating group) is 1. The monoisotopic (exact) mass is 294 g/mol. The lowest BCUT2D eigenvalue weighted by molar-refractivity contribution is -0.155. The maximum absolute atomic E-state index is 13.1. The Labute approximate surface area is 120 Å². The van der Waals surface area contributed by atoms with Gasteiger partial charge in [-0.25, -0.2) is 4.39 Å². The molecule has 1 fully saturated rings. The minimum Gasteiger partial charge on any atom is -0.397 e. The van der Waals surface area contributed by atoms with Crippen molar-refractivity contribution in [3.63, 3.8) is 0 Å². The summed E-state index contributed by atoms with van der Waals surface area (Å²) in [7, 11) is 1.52. The van der Waals surface area contributed by atoms with Crippen LogP contribution >= 0.6 is 0 Å². The highest BCUT2D eigenvalue weighted by molar-refractivity contribution is 6.35. The molecule has 1 heterocycles. The van der Waals surface area contributed by atoms with Crippen molar-refractivity contribution in [2.24, 2.45) is 0 Å². The third-order valence-corrected chi connectivity index (χ3v) is 3.15. The molecular weight excluding hydrogens is 279 g/mol. The minimum atomic E-state index is -0.730. The first kappa shape index (κ1) is 14.8. The summed E-state index contributed by atoms with van der Waals surface area (Å²) < 4.78 is 13.1. The number of hydrogen-bond donors (Lipinski definition) is 2. The number of nitrogen functional groups attached to an aromatic ring is 1. The van der Waals surface area contributed by atoms with Gasteiger partial charge in [-0.1, -0.05) is 0 Å². The highest BCUT2D eigenvalue weighted by atomic mass is 19.1. The van der Waals surface area contributed by atoms with Crippen LogP contribution in [0.1, 0.15) is 0 Å². The maximum Gasteiger partial charge on any atom is 0.312 e. The smallest absolute Gasteiger partial charge is 0.312 e. The fraction of sp³-hybridized carbons (Fsp3) is 0.308. The summed E-state index contributed by atoms with van der Waals surface area (Å²) in [4.78, 5) is 37.5. The van der Waals surface area contributed by atoms with Gasteiger partial charge in [0.15, 0.2) is 0 Å². The molecule has 1 aliphatic rings. The minimum absolute atomic E-state index is 0.132. The Bertz CT molecular complexity index is 605. The van der Waals surface area contributed by atoms with Crippen molar-refractivity contribution in [1.82, 2.24) is 9.80 Å². The molecule has 1 aliphatic heterocycles. The summed E-state index contributed by atoms with van der Waals surface area (Å²) in [5.74, 6) is -2.46. The van der Waals surface area contributed by atoms with E-state index in [-0.39, 0.29) is 24.5 Å². The van der Waals surface area contributed by atoms with Crippen molar-refractivity contribution in [2.75, 3.05) is 37.7 Å². The fourth-order valence-corrected chi connectivity index (χ4v) is 1.92. The number of anilines is 2. The van der Waals surface area contributed by atoms with Gasteiger partial charge in [-0.3, -0.25) is 14.4 Å². The number of hydrogen-bond acceptors (Lipinski definition) is 4. The largest absolute Gasteiger partial charge is 0.397 e. The molecule has 112 valence electrons. The van der Waals surface area contributed by atoms with Crippen LogP contribution < -0.4 is 11.1 Å². The lowest BCUT2D eigenvalue weighted by atomic mass is 10.2. The molecule has 8 heteroatoms. The molecule has 1 saturated heterocycles. The van der Waals surface area contributed by atoms with Gasteiger partial charge in [0.05, 0.1) is 11.4 Å². The van der Waals surface area contributed by atoms with E-state index in [0.29, 0.717) is 6.54 Å². The molecule has 0 unspecified atom stereocenters. The molecule has 3 N–H and O–H groups in total. The molecule has 0 spiro atoms. The number of nitrogens with two attached hydrogens (primary N) is 1. The van der Waals surface area contributed by atoms with Gasteiger partial charge in [-0.2, -0.15) is 0 Å². The van der Waals surface area contributed by atoms with Crippen LogP contribution in [0.3, 0.4) is 0 Å². The summed E-state index contributed by atoms with van der Waals surface area (Å²) in [6, 6.07) is 3.59. The van der Waals surface area contributed by atoms with Gasteiger partial charge in [0.2, 0.25) is 5.91 Å². The lowest BCUT2D eigenvalue weighted by Crippen LogP contribution is -2.54. The number of benzene rings is 1. The molecule has 3 amide bonds. The van der Waals surface area contributed by atoms with Crippen molar-refractivity contribution in [1.29, 1.82) is 0 Å². The molecule has 21 heavy (non-hydrogen) atoms. The zero-order chi connectivity index (χ0) is 15.6. The Morgan fingerprint density at radius 3 is 2.76 bits per heavy atom. The first-order chi connectivity index (χ1) is 9.88. The van der Waals surface area contributed by atoms with Crippen LogP contribution in [0.15, 0.2) is 18.2 Å². The molecule has 0 saturated carbocycles. The Hall–Kier alpha value is -2.64. The van der Waals surface area contributed by atoms with Crippen LogP contribution in [0.4, 0.5) is 15.8 Å². The van der Waals surface area contributed by atoms with E-state index in [9.17, 15) is 18.8 Å². The number of rotatable bonds is 3. The van der Waals surface area contributed by atoms with Crippen LogP contribution in [-0.2, 0) is 14.4 Å². The number of nitrogens with one attached hydrogen (secondary N) is 1. The summed E-state index contributed by atoms with van der Waals surface area (Å²) in [6.45, 7) is 0.349. The number of halogens is 1. The first-order valence-electron chi connectivity index (χ1n) is 6.27. The summed E-state index contributed by atoms with van der Waals surface area (Å²) >= 11 is 0. The van der Waals surface area contributed by atoms with Gasteiger partial charge >= 0.3 is 11.8 Å². The molecule has 2 rings (SSSR count). The topological polar surface area (TPSA) is 95.7 Å². The second-order valence-electron chi connectivity index (χ2n) is 4.73. The van der Waals surface area contributed by atoms with Crippen LogP contribution in [0, 0.1) is 5.82 Å². The molecule has 0 aliphatic carbocycles. The van der Waals surface area contributed by atoms with Crippen LogP contribution in [0.2, 0.25) is 0 Å². The van der Waals surface area contributed by atoms with Gasteiger partial charge in [0, 0.05) is 20.1 Å². The predicted octanol–water partition coefficient (Wildman–Crippen LogP) is -0.353. The number of carbonyl (C=O) groups is 3. The van der Waals surface area contributed by atoms with Crippen molar-refractivity contribution < 1.29 is 18.8 Å². The molecular formula is C13H15FN4O3. The zero-order valence-electron chi connectivity index (χ0n) is 11.4. The van der Waals surface area contributed by atoms with E-state index in [0.717, 1.165) is 11.0 Å². The van der Waals surface area contributed by atoms with E-state index in [4.69, 9.17) is 5.73 Å². The quantitative estimate of drug-likeness (QED) is 0.588. The molecule has 7 nitrogen and oxygen atoms in total. The third-order valence-electron chi connectivity index (χ3n) is 3.15. The fourth-order valence-electron chi connectivity index (χ4n) is 1.92. The molecule has 0 aromatic heterocycles. The summed E-state index contributed by atoms with van der Waals surface area (Å²) in [5.41, 5.74) is 5.96. The second-order valence-corrected chi connectivity index (χ2v) is 4.73. The summed E-state index contributed by atoms with van der Waals surface area (Å²) in [5, 5.41) is 2.42. The normalized spacial score (nSPS) is 15.3. The van der Waals surface area contributed by atoms with Crippen molar-refractivity contribution >= 4 is 29.1 Å². The number of carbonyl (C=O) groups excluding carboxylic acids is 3. The van der Waals surface area contributed by atoms with Gasteiger partial charge in [0.25, 0.3) is 0 Å². The Balaban J connectivity index is 2.00. The van der Waals surface area contributed by atoms with Gasteiger partial charge < -0.3 is 20.9 Å². The molecule has 1 aromatic carbocycles. The average molecular weight is 294 g/mol. The zero-order valence-corrected chi connectivity index (χ0v) is 11.4. The number of nitrogens with zero attached hydrogens (tertiary/aromatic N) is 2. The van der Waals surface area contributed by atoms with Crippen molar-refractivity contribution in [3.8, 4) is 0 Å². The van der Waals surface area contributed by atoms with E-state index < -0.39 is 23.5 Å². The first-order valence-corrected chi connectivity index (χ1v) is 6.27. The standard InChI is InChI=1S/C13H15FN4O3/c1-17-4-5-18(13(21)12(17)20)7-11(19)16-10-6-8(14)2-3-9(10)15/h2-3,6H,4-5,7,15H2,1H3,(H,16,19). The Morgan fingerprint density at radius 2 is 2.05 bits per heavy atom. The average Bonchev–Trinajstić information content (AvgIpc) is 2.43. The highest BCUT2D eigenvalue weighted by Gasteiger charge is 2.31. The van der Waals surface area contributed by atoms with Crippen LogP contribution in [0.25, 0.3) is 0 Å². The van der Waals surface area contributed by atoms with E-state index in [1.165, 1.54) is 24.1 Å². The number of amides is 3. The Morgan fingerprint density at radius 1 is 1.33 bits per heavy atom. The second kappa shape index (κ2) is 5.78. The lowest BCUT2D eigenvalue weighted by Gasteiger charge is -2.30. The SMILES string of the molecule is CN1CCN(CC(=O)Nc2cc(F)ccc2N)C(=O)C1=O. The van der Waals surface area contributed by atoms with E-state index in [1.54, 1.807) is 0 Å². The molecule has 0 radical (unpaired) electrons. The van der Waals surface area contributed by atoms with Crippen molar-refractivity contribution in [3.05, 3.63) is 24.0 Å². The van der Waals surface area contributed by atoms with Gasteiger partial charge in [-0.15, -0.1) is 0 Å². The Kier molecular flexibility index (Phi) is 4.06. The van der Waals surface area contributed by atoms with Crippen LogP contribution in [-0.4, -0.2) is 54.2 Å².